The van der Waals surface area contributed by atoms with Crippen LogP contribution in [0.2, 0.25) is 0 Å². The summed E-state index contributed by atoms with van der Waals surface area (Å²) in [6, 6.07) is 13.5. The van der Waals surface area contributed by atoms with Crippen LogP contribution < -0.4 is 10.5 Å². The lowest BCUT2D eigenvalue weighted by molar-refractivity contribution is -0.368. The number of halogens is 1. The molecule has 5 aromatic rings. The summed E-state index contributed by atoms with van der Waals surface area (Å²) in [6.07, 6.45) is 1.59. The van der Waals surface area contributed by atoms with E-state index in [4.69, 9.17) is 14.7 Å². The van der Waals surface area contributed by atoms with Gasteiger partial charge in [-0.1, -0.05) is 24.3 Å². The van der Waals surface area contributed by atoms with E-state index in [0.29, 0.717) is 57.8 Å². The molecule has 0 aliphatic carbocycles. The van der Waals surface area contributed by atoms with Crippen LogP contribution in [0.3, 0.4) is 0 Å². The van der Waals surface area contributed by atoms with E-state index in [2.05, 4.69) is 10.1 Å². The molecular weight excluding hydrogens is 411 g/mol. The van der Waals surface area contributed by atoms with Gasteiger partial charge in [-0.2, -0.15) is 0 Å². The molecule has 0 fully saturated rings. The molecule has 0 spiro atoms. The van der Waals surface area contributed by atoms with Gasteiger partial charge >= 0.3 is 5.56 Å². The minimum atomic E-state index is -0.322. The number of methoxy groups -OCH3 is 1. The number of hydrogen-bond donors (Lipinski definition) is 0. The number of hydrogen-bond acceptors (Lipinski definition) is 5. The SMILES string of the molecule is COCCn1c(C)[nH+]c2c(c1=O)c1nc3ccccc3nc1n2N=Cc1ccc(F)cc1. The maximum absolute atomic E-state index is 13.4. The highest BCUT2D eigenvalue weighted by Gasteiger charge is 2.26. The van der Waals surface area contributed by atoms with E-state index in [1.54, 1.807) is 34.7 Å². The molecule has 0 unspecified atom stereocenters. The van der Waals surface area contributed by atoms with Gasteiger partial charge in [-0.3, -0.25) is 0 Å². The summed E-state index contributed by atoms with van der Waals surface area (Å²) in [5.41, 5.74) is 3.29. The molecule has 1 N–H and O–H groups in total. The number of benzene rings is 2. The van der Waals surface area contributed by atoms with Crippen molar-refractivity contribution in [3.63, 3.8) is 0 Å². The van der Waals surface area contributed by atoms with Crippen molar-refractivity contribution in [2.75, 3.05) is 13.7 Å². The maximum atomic E-state index is 13.4. The molecule has 0 atom stereocenters. The molecular formula is C23H20FN6O2+. The van der Waals surface area contributed by atoms with Crippen LogP contribution in [0.25, 0.3) is 33.2 Å². The van der Waals surface area contributed by atoms with Gasteiger partial charge in [-0.05, 0) is 29.8 Å². The molecule has 3 aromatic heterocycles. The standard InChI is InChI=1S/C23H19FN6O2/c1-14-26-21-19(23(31)29(14)11-12-32-2)20-22(28-18-6-4-3-5-17(18)27-20)30(21)25-13-15-7-9-16(24)10-8-15/h3-10,13H,11-12H2,1-2H3/p+1. The van der Waals surface area contributed by atoms with Gasteiger partial charge in [-0.25, -0.2) is 28.7 Å². The van der Waals surface area contributed by atoms with Crippen LogP contribution in [0.4, 0.5) is 4.39 Å². The molecule has 0 aliphatic rings. The van der Waals surface area contributed by atoms with Crippen LogP contribution in [-0.2, 0) is 11.3 Å². The second-order valence-electron chi connectivity index (χ2n) is 7.38. The molecule has 8 nitrogen and oxygen atoms in total. The molecule has 2 aromatic carbocycles. The lowest BCUT2D eigenvalue weighted by atomic mass is 10.2. The lowest BCUT2D eigenvalue weighted by Gasteiger charge is -2.04. The number of aromatic nitrogens is 5. The fourth-order valence-electron chi connectivity index (χ4n) is 3.71. The second-order valence-corrected chi connectivity index (χ2v) is 7.38. The van der Waals surface area contributed by atoms with Gasteiger partial charge in [0.05, 0.1) is 30.4 Å². The quantitative estimate of drug-likeness (QED) is 0.400. The van der Waals surface area contributed by atoms with Crippen molar-refractivity contribution in [2.45, 2.75) is 13.5 Å². The fourth-order valence-corrected chi connectivity index (χ4v) is 3.71. The predicted molar refractivity (Wildman–Crippen MR) is 119 cm³/mol. The average Bonchev–Trinajstić information content (AvgIpc) is 3.09. The van der Waals surface area contributed by atoms with Crippen LogP contribution in [0, 0.1) is 12.7 Å². The number of nitrogens with zero attached hydrogens (tertiary/aromatic N) is 5. The minimum Gasteiger partial charge on any atom is -0.381 e. The van der Waals surface area contributed by atoms with Crippen LogP contribution in [0.5, 0.6) is 0 Å². The Kier molecular flexibility index (Phi) is 4.95. The Morgan fingerprint density at radius 3 is 2.56 bits per heavy atom. The molecule has 0 saturated carbocycles. The molecule has 0 saturated heterocycles. The van der Waals surface area contributed by atoms with Crippen molar-refractivity contribution in [3.05, 3.63) is 76.1 Å². The van der Waals surface area contributed by atoms with E-state index in [-0.39, 0.29) is 11.4 Å². The Morgan fingerprint density at radius 2 is 1.84 bits per heavy atom. The number of ether oxygens (including phenoxy) is 1. The molecule has 9 heteroatoms. The Hall–Kier alpha value is -3.98. The van der Waals surface area contributed by atoms with Crippen molar-refractivity contribution < 1.29 is 14.1 Å². The fraction of sp³-hybridized carbons (Fsp3) is 0.174. The highest BCUT2D eigenvalue weighted by atomic mass is 19.1. The van der Waals surface area contributed by atoms with Crippen molar-refractivity contribution in [2.24, 2.45) is 5.10 Å². The number of H-pyrrole nitrogens is 1. The molecule has 0 amide bonds. The van der Waals surface area contributed by atoms with Gasteiger partial charge < -0.3 is 4.74 Å². The third-order valence-electron chi connectivity index (χ3n) is 5.31. The lowest BCUT2D eigenvalue weighted by Crippen LogP contribution is -2.32. The number of aromatic amines is 1. The van der Waals surface area contributed by atoms with E-state index < -0.39 is 0 Å². The first-order valence-electron chi connectivity index (χ1n) is 10.1. The minimum absolute atomic E-state index is 0.196. The van der Waals surface area contributed by atoms with Crippen LogP contribution in [0.15, 0.2) is 58.4 Å². The highest BCUT2D eigenvalue weighted by molar-refractivity contribution is 6.03. The summed E-state index contributed by atoms with van der Waals surface area (Å²) in [4.78, 5) is 26.2. The highest BCUT2D eigenvalue weighted by Crippen LogP contribution is 2.24. The summed E-state index contributed by atoms with van der Waals surface area (Å²) < 4.78 is 21.6. The summed E-state index contributed by atoms with van der Waals surface area (Å²) in [5, 5.41) is 4.97. The zero-order valence-electron chi connectivity index (χ0n) is 17.5. The first-order valence-corrected chi connectivity index (χ1v) is 10.1. The Bertz CT molecular complexity index is 1550. The number of aryl methyl sites for hydroxylation is 1. The van der Waals surface area contributed by atoms with E-state index in [0.717, 1.165) is 0 Å². The Balaban J connectivity index is 1.83. The summed E-state index contributed by atoms with van der Waals surface area (Å²) >= 11 is 0. The Morgan fingerprint density at radius 1 is 1.12 bits per heavy atom. The van der Waals surface area contributed by atoms with Gasteiger partial charge in [0.1, 0.15) is 11.3 Å². The summed E-state index contributed by atoms with van der Waals surface area (Å²) in [5.74, 6) is 0.335. The number of rotatable bonds is 5. The first kappa shape index (κ1) is 20.0. The number of nitrogens with one attached hydrogen (secondary N) is 1. The van der Waals surface area contributed by atoms with Gasteiger partial charge in [0.15, 0.2) is 5.39 Å². The molecule has 3 heterocycles. The second kappa shape index (κ2) is 7.93. The molecule has 5 rings (SSSR count). The van der Waals surface area contributed by atoms with Crippen molar-refractivity contribution in [1.29, 1.82) is 0 Å². The third-order valence-corrected chi connectivity index (χ3v) is 5.31. The predicted octanol–water partition coefficient (Wildman–Crippen LogP) is 2.69. The summed E-state index contributed by atoms with van der Waals surface area (Å²) in [7, 11) is 1.59. The third kappa shape index (κ3) is 3.32. The Labute approximate surface area is 181 Å². The molecule has 0 bridgehead atoms. The number of para-hydroxylation sites is 2. The molecule has 160 valence electrons. The van der Waals surface area contributed by atoms with Gasteiger partial charge in [-0.15, -0.1) is 9.78 Å². The van der Waals surface area contributed by atoms with E-state index in [1.165, 1.54) is 12.1 Å². The maximum Gasteiger partial charge on any atom is 0.323 e. The number of fused-ring (bicyclic) bond motifs is 4. The monoisotopic (exact) mass is 431 g/mol. The topological polar surface area (TPSA) is 88.4 Å². The van der Waals surface area contributed by atoms with Gasteiger partial charge in [0.2, 0.25) is 11.5 Å². The van der Waals surface area contributed by atoms with Gasteiger partial charge in [0.25, 0.3) is 5.65 Å². The smallest absolute Gasteiger partial charge is 0.323 e. The summed E-state index contributed by atoms with van der Waals surface area (Å²) in [6.45, 7) is 2.62. The van der Waals surface area contributed by atoms with Crippen molar-refractivity contribution in [3.8, 4) is 0 Å². The van der Waals surface area contributed by atoms with Crippen LogP contribution in [-0.4, -0.2) is 39.1 Å². The first-order chi connectivity index (χ1) is 15.6. The molecule has 0 aliphatic heterocycles. The van der Waals surface area contributed by atoms with E-state index in [1.807, 2.05) is 31.2 Å². The van der Waals surface area contributed by atoms with Crippen LogP contribution >= 0.6 is 0 Å². The van der Waals surface area contributed by atoms with E-state index >= 15 is 0 Å². The zero-order chi connectivity index (χ0) is 22.2. The van der Waals surface area contributed by atoms with Crippen molar-refractivity contribution in [1.82, 2.24) is 19.2 Å². The largest absolute Gasteiger partial charge is 0.381 e. The molecule has 0 radical (unpaired) electrons. The van der Waals surface area contributed by atoms with Crippen molar-refractivity contribution >= 4 is 39.4 Å². The molecule has 32 heavy (non-hydrogen) atoms. The van der Waals surface area contributed by atoms with Gasteiger partial charge in [0, 0.05) is 14.0 Å². The van der Waals surface area contributed by atoms with Crippen LogP contribution in [0.1, 0.15) is 11.4 Å². The average molecular weight is 431 g/mol. The van der Waals surface area contributed by atoms with E-state index in [9.17, 15) is 9.18 Å². The normalized spacial score (nSPS) is 12.0. The zero-order valence-corrected chi connectivity index (χ0v) is 17.5.